The van der Waals surface area contributed by atoms with Gasteiger partial charge in [0.1, 0.15) is 17.3 Å². The molecule has 1 aliphatic heterocycles. The maximum absolute atomic E-state index is 13.5. The maximum atomic E-state index is 13.5. The predicted molar refractivity (Wildman–Crippen MR) is 121 cm³/mol. The maximum Gasteiger partial charge on any atom is 0.292 e. The Hall–Kier alpha value is -3.45. The van der Waals surface area contributed by atoms with Crippen LogP contribution in [0.4, 0.5) is 4.39 Å². The van der Waals surface area contributed by atoms with E-state index in [1.807, 2.05) is 24.3 Å². The molecule has 6 nitrogen and oxygen atoms in total. The number of benzene rings is 2. The van der Waals surface area contributed by atoms with E-state index in [0.29, 0.717) is 41.7 Å². The minimum absolute atomic E-state index is 0.00620. The standard InChI is InChI=1S/C25H21ClFN3O3/c26-21-9-2-1-5-16(21)12-20-14-28-24(32-20)18-7-4-10-30(15-18)25(31)23-13-22(29-33-23)17-6-3-8-19(27)11-17/h1-3,5-6,8-9,11,13-14,18H,4,7,10,12,15H2/t18-/m1/s1. The van der Waals surface area contributed by atoms with Crippen molar-refractivity contribution in [2.75, 3.05) is 13.1 Å². The highest BCUT2D eigenvalue weighted by atomic mass is 35.5. The number of hydrogen-bond donors (Lipinski definition) is 0. The van der Waals surface area contributed by atoms with Crippen molar-refractivity contribution in [2.45, 2.75) is 25.2 Å². The van der Waals surface area contributed by atoms with E-state index in [1.54, 1.807) is 29.3 Å². The molecule has 0 spiro atoms. The van der Waals surface area contributed by atoms with Crippen molar-refractivity contribution in [2.24, 2.45) is 0 Å². The molecule has 168 valence electrons. The van der Waals surface area contributed by atoms with E-state index in [1.165, 1.54) is 12.1 Å². The summed E-state index contributed by atoms with van der Waals surface area (Å²) in [6.45, 7) is 1.08. The van der Waals surface area contributed by atoms with Crippen LogP contribution in [0.1, 0.15) is 46.5 Å². The molecule has 1 amide bonds. The molecule has 0 saturated carbocycles. The zero-order chi connectivity index (χ0) is 22.8. The fraction of sp³-hybridized carbons (Fsp3) is 0.240. The average molecular weight is 466 g/mol. The monoisotopic (exact) mass is 465 g/mol. The summed E-state index contributed by atoms with van der Waals surface area (Å²) in [6.07, 6.45) is 3.98. The molecule has 3 heterocycles. The molecule has 5 rings (SSSR count). The molecule has 1 atom stereocenters. The van der Waals surface area contributed by atoms with Gasteiger partial charge < -0.3 is 13.8 Å². The third-order valence-electron chi connectivity index (χ3n) is 5.79. The van der Waals surface area contributed by atoms with Gasteiger partial charge in [-0.1, -0.05) is 47.1 Å². The minimum atomic E-state index is -0.373. The van der Waals surface area contributed by atoms with Gasteiger partial charge in [-0.3, -0.25) is 4.79 Å². The van der Waals surface area contributed by atoms with Crippen molar-refractivity contribution >= 4 is 17.5 Å². The molecule has 0 radical (unpaired) electrons. The second kappa shape index (κ2) is 9.19. The summed E-state index contributed by atoms with van der Waals surface area (Å²) in [4.78, 5) is 19.2. The van der Waals surface area contributed by atoms with E-state index in [2.05, 4.69) is 10.1 Å². The molecule has 1 fully saturated rings. The number of oxazole rings is 1. The number of hydrogen-bond acceptors (Lipinski definition) is 5. The number of amides is 1. The van der Waals surface area contributed by atoms with E-state index >= 15 is 0 Å². The summed E-state index contributed by atoms with van der Waals surface area (Å²) >= 11 is 6.25. The van der Waals surface area contributed by atoms with Gasteiger partial charge in [0.05, 0.1) is 12.1 Å². The number of carbonyl (C=O) groups excluding carboxylic acids is 1. The summed E-state index contributed by atoms with van der Waals surface area (Å²) in [5, 5.41) is 4.63. The fourth-order valence-electron chi connectivity index (χ4n) is 4.10. The summed E-state index contributed by atoms with van der Waals surface area (Å²) in [5.74, 6) is 0.846. The Bertz CT molecular complexity index is 1290. The van der Waals surface area contributed by atoms with Crippen LogP contribution in [0.2, 0.25) is 5.02 Å². The van der Waals surface area contributed by atoms with E-state index in [0.717, 1.165) is 24.2 Å². The Morgan fingerprint density at radius 3 is 2.91 bits per heavy atom. The number of rotatable bonds is 5. The van der Waals surface area contributed by atoms with Gasteiger partial charge in [0.15, 0.2) is 5.89 Å². The van der Waals surface area contributed by atoms with E-state index in [4.69, 9.17) is 20.5 Å². The summed E-state index contributed by atoms with van der Waals surface area (Å²) < 4.78 is 24.8. The third kappa shape index (κ3) is 4.68. The summed E-state index contributed by atoms with van der Waals surface area (Å²) in [6, 6.07) is 15.2. The van der Waals surface area contributed by atoms with Crippen LogP contribution in [0.5, 0.6) is 0 Å². The van der Waals surface area contributed by atoms with Gasteiger partial charge >= 0.3 is 0 Å². The molecule has 0 bridgehead atoms. The van der Waals surface area contributed by atoms with Gasteiger partial charge in [0.2, 0.25) is 5.76 Å². The molecule has 1 aliphatic rings. The molecule has 1 saturated heterocycles. The molecule has 4 aromatic rings. The summed E-state index contributed by atoms with van der Waals surface area (Å²) in [7, 11) is 0. The highest BCUT2D eigenvalue weighted by molar-refractivity contribution is 6.31. The van der Waals surface area contributed by atoms with Crippen LogP contribution in [0.3, 0.4) is 0 Å². The van der Waals surface area contributed by atoms with Crippen molar-refractivity contribution < 1.29 is 18.1 Å². The average Bonchev–Trinajstić information content (AvgIpc) is 3.51. The molecular weight excluding hydrogens is 445 g/mol. The largest absolute Gasteiger partial charge is 0.445 e. The normalized spacial score (nSPS) is 16.2. The molecular formula is C25H21ClFN3O3. The first kappa shape index (κ1) is 21.4. The quantitative estimate of drug-likeness (QED) is 0.376. The zero-order valence-corrected chi connectivity index (χ0v) is 18.5. The second-order valence-electron chi connectivity index (χ2n) is 8.11. The Kier molecular flexibility index (Phi) is 5.96. The first-order valence-corrected chi connectivity index (χ1v) is 11.1. The molecule has 2 aromatic carbocycles. The Morgan fingerprint density at radius 1 is 1.18 bits per heavy atom. The van der Waals surface area contributed by atoms with E-state index in [-0.39, 0.29) is 23.4 Å². The van der Waals surface area contributed by atoms with Crippen molar-refractivity contribution in [1.82, 2.24) is 15.0 Å². The lowest BCUT2D eigenvalue weighted by Gasteiger charge is -2.30. The lowest BCUT2D eigenvalue weighted by molar-refractivity contribution is 0.0656. The van der Waals surface area contributed by atoms with Crippen molar-refractivity contribution in [1.29, 1.82) is 0 Å². The van der Waals surface area contributed by atoms with Gasteiger partial charge in [-0.25, -0.2) is 9.37 Å². The van der Waals surface area contributed by atoms with Crippen LogP contribution in [0.25, 0.3) is 11.3 Å². The topological polar surface area (TPSA) is 72.4 Å². The predicted octanol–water partition coefficient (Wildman–Crippen LogP) is 5.73. The molecule has 0 N–H and O–H groups in total. The smallest absolute Gasteiger partial charge is 0.292 e. The van der Waals surface area contributed by atoms with Crippen LogP contribution < -0.4 is 0 Å². The minimum Gasteiger partial charge on any atom is -0.445 e. The first-order valence-electron chi connectivity index (χ1n) is 10.8. The van der Waals surface area contributed by atoms with Gasteiger partial charge in [0, 0.05) is 36.2 Å². The van der Waals surface area contributed by atoms with Crippen LogP contribution in [0, 0.1) is 5.82 Å². The Balaban J connectivity index is 1.27. The number of carbonyl (C=O) groups is 1. The second-order valence-corrected chi connectivity index (χ2v) is 8.52. The van der Waals surface area contributed by atoms with Gasteiger partial charge in [-0.2, -0.15) is 0 Å². The first-order chi connectivity index (χ1) is 16.1. The van der Waals surface area contributed by atoms with Crippen molar-refractivity contribution in [3.8, 4) is 11.3 Å². The molecule has 0 unspecified atom stereocenters. The summed E-state index contributed by atoms with van der Waals surface area (Å²) in [5.41, 5.74) is 1.95. The van der Waals surface area contributed by atoms with Crippen LogP contribution in [-0.4, -0.2) is 34.0 Å². The number of nitrogens with zero attached hydrogens (tertiary/aromatic N) is 3. The van der Waals surface area contributed by atoms with E-state index < -0.39 is 0 Å². The van der Waals surface area contributed by atoms with Gasteiger partial charge in [-0.15, -0.1) is 0 Å². The highest BCUT2D eigenvalue weighted by Crippen LogP contribution is 2.29. The molecule has 33 heavy (non-hydrogen) atoms. The lowest BCUT2D eigenvalue weighted by Crippen LogP contribution is -2.39. The number of likely N-dealkylation sites (tertiary alicyclic amines) is 1. The fourth-order valence-corrected chi connectivity index (χ4v) is 4.30. The van der Waals surface area contributed by atoms with Gasteiger partial charge in [-0.05, 0) is 36.6 Å². The number of aromatic nitrogens is 2. The SMILES string of the molecule is O=C(c1cc(-c2cccc(F)c2)no1)N1CCC[C@@H](c2ncc(Cc3ccccc3Cl)o2)C1. The molecule has 8 heteroatoms. The molecule has 2 aromatic heterocycles. The zero-order valence-electron chi connectivity index (χ0n) is 17.7. The lowest BCUT2D eigenvalue weighted by atomic mass is 9.98. The highest BCUT2D eigenvalue weighted by Gasteiger charge is 2.30. The third-order valence-corrected chi connectivity index (χ3v) is 6.16. The number of halogens is 2. The van der Waals surface area contributed by atoms with Crippen LogP contribution >= 0.6 is 11.6 Å². The van der Waals surface area contributed by atoms with Gasteiger partial charge in [0.25, 0.3) is 5.91 Å². The Morgan fingerprint density at radius 2 is 2.06 bits per heavy atom. The van der Waals surface area contributed by atoms with Crippen LogP contribution in [-0.2, 0) is 6.42 Å². The molecule has 0 aliphatic carbocycles. The van der Waals surface area contributed by atoms with Crippen molar-refractivity contribution in [3.05, 3.63) is 94.6 Å². The van der Waals surface area contributed by atoms with E-state index in [9.17, 15) is 9.18 Å². The number of piperidine rings is 1. The van der Waals surface area contributed by atoms with Crippen LogP contribution in [0.15, 0.2) is 69.7 Å². The van der Waals surface area contributed by atoms with Crippen molar-refractivity contribution in [3.63, 3.8) is 0 Å². The Labute approximate surface area is 195 Å².